The predicted molar refractivity (Wildman–Crippen MR) is 60.8 cm³/mol. The third kappa shape index (κ3) is 3.64. The molecule has 0 aliphatic carbocycles. The summed E-state index contributed by atoms with van der Waals surface area (Å²) in [5.41, 5.74) is 7.72. The Balaban J connectivity index is 2.36. The lowest BCUT2D eigenvalue weighted by molar-refractivity contribution is 0.334. The lowest BCUT2D eigenvalue weighted by Gasteiger charge is -2.15. The van der Waals surface area contributed by atoms with Gasteiger partial charge in [0, 0.05) is 12.1 Å². The molecular formula is C11H21N3O. The molecule has 0 bridgehead atoms. The zero-order chi connectivity index (χ0) is 11.3. The molecule has 0 saturated heterocycles. The Morgan fingerprint density at radius 3 is 2.60 bits per heavy atom. The molecule has 4 heteroatoms. The standard InChI is InChI=1S/C11H21N3O/c1-9-11(10(2)15-13-9)5-8-14(3)7-4-6-12/h4-8,12H2,1-3H3. The van der Waals surface area contributed by atoms with Crippen molar-refractivity contribution in [2.24, 2.45) is 5.73 Å². The summed E-state index contributed by atoms with van der Waals surface area (Å²) in [6.45, 7) is 6.80. The molecule has 0 saturated carbocycles. The molecule has 0 amide bonds. The van der Waals surface area contributed by atoms with Crippen molar-refractivity contribution >= 4 is 0 Å². The van der Waals surface area contributed by atoms with Gasteiger partial charge in [-0.2, -0.15) is 0 Å². The van der Waals surface area contributed by atoms with Crippen LogP contribution in [0.15, 0.2) is 4.52 Å². The number of aryl methyl sites for hydroxylation is 2. The SMILES string of the molecule is Cc1noc(C)c1CCN(C)CCCN. The Hall–Kier alpha value is -0.870. The van der Waals surface area contributed by atoms with Crippen LogP contribution in [0.5, 0.6) is 0 Å². The first-order valence-electron chi connectivity index (χ1n) is 5.45. The quantitative estimate of drug-likeness (QED) is 0.766. The summed E-state index contributed by atoms with van der Waals surface area (Å²) in [6, 6.07) is 0. The maximum Gasteiger partial charge on any atom is 0.137 e. The van der Waals surface area contributed by atoms with Crippen molar-refractivity contribution in [3.05, 3.63) is 17.0 Å². The molecule has 1 aromatic rings. The number of nitrogens with zero attached hydrogens (tertiary/aromatic N) is 2. The smallest absolute Gasteiger partial charge is 0.137 e. The van der Waals surface area contributed by atoms with Gasteiger partial charge in [0.1, 0.15) is 5.76 Å². The summed E-state index contributed by atoms with van der Waals surface area (Å²) in [5, 5.41) is 3.94. The molecule has 15 heavy (non-hydrogen) atoms. The number of hydrogen-bond acceptors (Lipinski definition) is 4. The predicted octanol–water partition coefficient (Wildman–Crippen LogP) is 1.11. The second-order valence-corrected chi connectivity index (χ2v) is 4.00. The summed E-state index contributed by atoms with van der Waals surface area (Å²) in [7, 11) is 2.12. The zero-order valence-electron chi connectivity index (χ0n) is 9.92. The Labute approximate surface area is 91.4 Å². The number of likely N-dealkylation sites (N-methyl/N-ethyl adjacent to an activating group) is 1. The Kier molecular flexibility index (Phi) is 4.78. The van der Waals surface area contributed by atoms with Crippen molar-refractivity contribution in [1.82, 2.24) is 10.1 Å². The molecule has 2 N–H and O–H groups in total. The van der Waals surface area contributed by atoms with Gasteiger partial charge in [-0.25, -0.2) is 0 Å². The van der Waals surface area contributed by atoms with Crippen LogP contribution in [0.1, 0.15) is 23.4 Å². The minimum Gasteiger partial charge on any atom is -0.361 e. The van der Waals surface area contributed by atoms with Gasteiger partial charge in [-0.3, -0.25) is 0 Å². The fourth-order valence-corrected chi connectivity index (χ4v) is 1.63. The van der Waals surface area contributed by atoms with E-state index in [-0.39, 0.29) is 0 Å². The minimum absolute atomic E-state index is 0.760. The zero-order valence-corrected chi connectivity index (χ0v) is 9.92. The highest BCUT2D eigenvalue weighted by Crippen LogP contribution is 2.12. The first-order chi connectivity index (χ1) is 7.15. The minimum atomic E-state index is 0.760. The molecule has 0 aliphatic rings. The van der Waals surface area contributed by atoms with Gasteiger partial charge in [0.25, 0.3) is 0 Å². The van der Waals surface area contributed by atoms with Gasteiger partial charge >= 0.3 is 0 Å². The van der Waals surface area contributed by atoms with Crippen LogP contribution in [0.2, 0.25) is 0 Å². The first-order valence-corrected chi connectivity index (χ1v) is 5.45. The van der Waals surface area contributed by atoms with Crippen LogP contribution in [-0.4, -0.2) is 36.7 Å². The van der Waals surface area contributed by atoms with E-state index in [2.05, 4.69) is 17.1 Å². The Bertz CT molecular complexity index is 277. The van der Waals surface area contributed by atoms with E-state index in [1.807, 2.05) is 13.8 Å². The van der Waals surface area contributed by atoms with E-state index >= 15 is 0 Å². The molecule has 1 aromatic heterocycles. The second-order valence-electron chi connectivity index (χ2n) is 4.00. The fraction of sp³-hybridized carbons (Fsp3) is 0.727. The molecular weight excluding hydrogens is 190 g/mol. The average molecular weight is 211 g/mol. The van der Waals surface area contributed by atoms with Gasteiger partial charge in [0.05, 0.1) is 5.69 Å². The van der Waals surface area contributed by atoms with Crippen molar-refractivity contribution in [3.63, 3.8) is 0 Å². The second kappa shape index (κ2) is 5.88. The highest BCUT2D eigenvalue weighted by Gasteiger charge is 2.09. The molecule has 4 nitrogen and oxygen atoms in total. The highest BCUT2D eigenvalue weighted by molar-refractivity contribution is 5.20. The van der Waals surface area contributed by atoms with Gasteiger partial charge in [0.2, 0.25) is 0 Å². The van der Waals surface area contributed by atoms with Gasteiger partial charge in [-0.15, -0.1) is 0 Å². The van der Waals surface area contributed by atoms with E-state index in [1.165, 1.54) is 5.56 Å². The molecule has 0 aromatic carbocycles. The normalized spacial score (nSPS) is 11.3. The number of aromatic nitrogens is 1. The number of nitrogens with two attached hydrogens (primary N) is 1. The summed E-state index contributed by atoms with van der Waals surface area (Å²) in [5.74, 6) is 0.944. The monoisotopic (exact) mass is 211 g/mol. The van der Waals surface area contributed by atoms with Crippen LogP contribution >= 0.6 is 0 Å². The molecule has 0 unspecified atom stereocenters. The van der Waals surface area contributed by atoms with Crippen LogP contribution in [0.3, 0.4) is 0 Å². The molecule has 86 valence electrons. The van der Waals surface area contributed by atoms with Gasteiger partial charge in [-0.05, 0) is 46.8 Å². The van der Waals surface area contributed by atoms with Crippen LogP contribution < -0.4 is 5.73 Å². The summed E-state index contributed by atoms with van der Waals surface area (Å²) >= 11 is 0. The summed E-state index contributed by atoms with van der Waals surface area (Å²) in [6.07, 6.45) is 2.06. The molecule has 0 spiro atoms. The van der Waals surface area contributed by atoms with E-state index in [9.17, 15) is 0 Å². The van der Waals surface area contributed by atoms with E-state index in [0.29, 0.717) is 0 Å². The van der Waals surface area contributed by atoms with E-state index in [4.69, 9.17) is 10.3 Å². The van der Waals surface area contributed by atoms with Crippen molar-refractivity contribution < 1.29 is 4.52 Å². The fourth-order valence-electron chi connectivity index (χ4n) is 1.63. The van der Waals surface area contributed by atoms with Gasteiger partial charge in [0.15, 0.2) is 0 Å². The molecule has 0 aliphatic heterocycles. The molecule has 1 rings (SSSR count). The van der Waals surface area contributed by atoms with Crippen LogP contribution in [0.4, 0.5) is 0 Å². The lowest BCUT2D eigenvalue weighted by atomic mass is 10.1. The van der Waals surface area contributed by atoms with Crippen LogP contribution in [0, 0.1) is 13.8 Å². The van der Waals surface area contributed by atoms with Crippen molar-refractivity contribution in [2.45, 2.75) is 26.7 Å². The Morgan fingerprint density at radius 1 is 1.33 bits per heavy atom. The molecule has 0 fully saturated rings. The van der Waals surface area contributed by atoms with E-state index in [1.54, 1.807) is 0 Å². The third-order valence-electron chi connectivity index (χ3n) is 2.67. The van der Waals surface area contributed by atoms with Gasteiger partial charge in [-0.1, -0.05) is 5.16 Å². The number of rotatable bonds is 6. The maximum absolute atomic E-state index is 5.46. The molecule has 1 heterocycles. The average Bonchev–Trinajstić information content (AvgIpc) is 2.53. The molecule has 0 atom stereocenters. The highest BCUT2D eigenvalue weighted by atomic mass is 16.5. The van der Waals surface area contributed by atoms with Gasteiger partial charge < -0.3 is 15.2 Å². The van der Waals surface area contributed by atoms with Crippen molar-refractivity contribution in [2.75, 3.05) is 26.7 Å². The first kappa shape index (κ1) is 12.2. The topological polar surface area (TPSA) is 55.3 Å². The van der Waals surface area contributed by atoms with Crippen LogP contribution in [0.25, 0.3) is 0 Å². The van der Waals surface area contributed by atoms with Crippen LogP contribution in [-0.2, 0) is 6.42 Å². The third-order valence-corrected chi connectivity index (χ3v) is 2.67. The van der Waals surface area contributed by atoms with E-state index < -0.39 is 0 Å². The van der Waals surface area contributed by atoms with Crippen molar-refractivity contribution in [3.8, 4) is 0 Å². The molecule has 0 radical (unpaired) electrons. The summed E-state index contributed by atoms with van der Waals surface area (Å²) < 4.78 is 5.12. The van der Waals surface area contributed by atoms with Crippen molar-refractivity contribution in [1.29, 1.82) is 0 Å². The largest absolute Gasteiger partial charge is 0.361 e. The maximum atomic E-state index is 5.46. The Morgan fingerprint density at radius 2 is 2.07 bits per heavy atom. The number of hydrogen-bond donors (Lipinski definition) is 1. The lowest BCUT2D eigenvalue weighted by Crippen LogP contribution is -2.24. The summed E-state index contributed by atoms with van der Waals surface area (Å²) in [4.78, 5) is 2.29. The van der Waals surface area contributed by atoms with E-state index in [0.717, 1.165) is 43.9 Å².